The fourth-order valence-corrected chi connectivity index (χ4v) is 2.76. The average molecular weight is 410 g/mol. The molecular formula is C23H26N2O5. The predicted molar refractivity (Wildman–Crippen MR) is 112 cm³/mol. The van der Waals surface area contributed by atoms with Crippen molar-refractivity contribution in [1.29, 1.82) is 0 Å². The molecule has 158 valence electrons. The monoisotopic (exact) mass is 410 g/mol. The molecule has 2 atom stereocenters. The first-order valence-corrected chi connectivity index (χ1v) is 9.53. The van der Waals surface area contributed by atoms with E-state index in [1.807, 2.05) is 60.7 Å². The molecule has 7 nitrogen and oxygen atoms in total. The Morgan fingerprint density at radius 1 is 0.933 bits per heavy atom. The van der Waals surface area contributed by atoms with Crippen LogP contribution in [0.1, 0.15) is 17.5 Å². The number of hydrogen-bond donors (Lipinski definition) is 2. The van der Waals surface area contributed by atoms with Crippen LogP contribution in [0, 0.1) is 0 Å². The van der Waals surface area contributed by atoms with Crippen LogP contribution in [-0.4, -0.2) is 37.2 Å². The van der Waals surface area contributed by atoms with Gasteiger partial charge in [0.2, 0.25) is 5.91 Å². The van der Waals surface area contributed by atoms with Gasteiger partial charge in [-0.25, -0.2) is 9.59 Å². The van der Waals surface area contributed by atoms with Crippen LogP contribution >= 0.6 is 0 Å². The van der Waals surface area contributed by atoms with Gasteiger partial charge in [0.05, 0.1) is 7.11 Å². The summed E-state index contributed by atoms with van der Waals surface area (Å²) in [4.78, 5) is 37.0. The minimum Gasteiger partial charge on any atom is -0.467 e. The minimum atomic E-state index is -0.937. The third kappa shape index (κ3) is 7.43. The lowest BCUT2D eigenvalue weighted by Gasteiger charge is -2.21. The van der Waals surface area contributed by atoms with Crippen molar-refractivity contribution < 1.29 is 23.9 Å². The first-order chi connectivity index (χ1) is 14.5. The number of rotatable bonds is 10. The van der Waals surface area contributed by atoms with Crippen LogP contribution in [0.15, 0.2) is 73.3 Å². The number of nitrogens with one attached hydrogen (secondary N) is 2. The van der Waals surface area contributed by atoms with Gasteiger partial charge in [0.1, 0.15) is 18.7 Å². The van der Waals surface area contributed by atoms with Gasteiger partial charge in [-0.3, -0.25) is 4.79 Å². The zero-order valence-corrected chi connectivity index (χ0v) is 16.9. The summed E-state index contributed by atoms with van der Waals surface area (Å²) in [6.45, 7) is 3.67. The van der Waals surface area contributed by atoms with Crippen LogP contribution in [0.3, 0.4) is 0 Å². The van der Waals surface area contributed by atoms with Gasteiger partial charge < -0.3 is 20.1 Å². The van der Waals surface area contributed by atoms with Crippen LogP contribution < -0.4 is 10.6 Å². The van der Waals surface area contributed by atoms with Crippen LogP contribution in [0.25, 0.3) is 0 Å². The van der Waals surface area contributed by atoms with Crippen molar-refractivity contribution in [3.63, 3.8) is 0 Å². The minimum absolute atomic E-state index is 0.0770. The Bertz CT molecular complexity index is 839. The Balaban J connectivity index is 2.06. The molecule has 0 radical (unpaired) electrons. The second-order valence-corrected chi connectivity index (χ2v) is 6.56. The van der Waals surface area contributed by atoms with Gasteiger partial charge >= 0.3 is 12.1 Å². The summed E-state index contributed by atoms with van der Waals surface area (Å²) in [5, 5.41) is 5.20. The summed E-state index contributed by atoms with van der Waals surface area (Å²) < 4.78 is 9.95. The number of hydrogen-bond acceptors (Lipinski definition) is 5. The number of ether oxygens (including phenoxy) is 2. The van der Waals surface area contributed by atoms with E-state index in [1.54, 1.807) is 0 Å². The SMILES string of the molecule is C=CC[C@H](NC(=O)[C@H](Cc1ccccc1)NC(=O)OCc1ccccc1)C(=O)OC. The molecule has 0 saturated carbocycles. The molecule has 2 amide bonds. The fraction of sp³-hybridized carbons (Fsp3) is 0.261. The summed E-state index contributed by atoms with van der Waals surface area (Å²) in [5.74, 6) is -1.11. The number of methoxy groups -OCH3 is 1. The van der Waals surface area contributed by atoms with E-state index in [9.17, 15) is 14.4 Å². The highest BCUT2D eigenvalue weighted by molar-refractivity contribution is 5.90. The zero-order valence-electron chi connectivity index (χ0n) is 16.9. The highest BCUT2D eigenvalue weighted by Gasteiger charge is 2.27. The Hall–Kier alpha value is -3.61. The number of benzene rings is 2. The summed E-state index contributed by atoms with van der Waals surface area (Å²) in [6, 6.07) is 16.6. The van der Waals surface area contributed by atoms with Crippen molar-refractivity contribution in [3.05, 3.63) is 84.4 Å². The standard InChI is InChI=1S/C23H26N2O5/c1-3-10-19(22(27)29-2)24-21(26)20(15-17-11-6-4-7-12-17)25-23(28)30-16-18-13-8-5-9-14-18/h3-9,11-14,19-20H,1,10,15-16H2,2H3,(H,24,26)(H,25,28)/t19-,20-/m0/s1. The van der Waals surface area contributed by atoms with E-state index in [1.165, 1.54) is 13.2 Å². The second kappa shape index (κ2) is 12.1. The maximum absolute atomic E-state index is 12.8. The molecule has 2 N–H and O–H groups in total. The molecular weight excluding hydrogens is 384 g/mol. The topological polar surface area (TPSA) is 93.7 Å². The van der Waals surface area contributed by atoms with Gasteiger partial charge in [-0.1, -0.05) is 66.7 Å². The lowest BCUT2D eigenvalue weighted by Crippen LogP contribution is -2.52. The van der Waals surface area contributed by atoms with E-state index in [0.29, 0.717) is 0 Å². The van der Waals surface area contributed by atoms with Gasteiger partial charge in [-0.2, -0.15) is 0 Å². The Labute approximate surface area is 176 Å². The number of amides is 2. The Morgan fingerprint density at radius 2 is 1.53 bits per heavy atom. The van der Waals surface area contributed by atoms with Gasteiger partial charge in [0.15, 0.2) is 0 Å². The Morgan fingerprint density at radius 3 is 2.10 bits per heavy atom. The van der Waals surface area contributed by atoms with Crippen molar-refractivity contribution >= 4 is 18.0 Å². The molecule has 0 aliphatic carbocycles. The normalized spacial score (nSPS) is 12.2. The van der Waals surface area contributed by atoms with Crippen molar-refractivity contribution in [2.24, 2.45) is 0 Å². The fourth-order valence-electron chi connectivity index (χ4n) is 2.76. The molecule has 2 rings (SSSR count). The van der Waals surface area contributed by atoms with Gasteiger partial charge in [-0.15, -0.1) is 6.58 Å². The lowest BCUT2D eigenvalue weighted by molar-refractivity contribution is -0.145. The third-order valence-electron chi connectivity index (χ3n) is 4.31. The molecule has 0 aliphatic rings. The number of carbonyl (C=O) groups excluding carboxylic acids is 3. The van der Waals surface area contributed by atoms with E-state index in [0.717, 1.165) is 11.1 Å². The summed E-state index contributed by atoms with van der Waals surface area (Å²) in [7, 11) is 1.24. The Kier molecular flexibility index (Phi) is 9.12. The molecule has 0 fully saturated rings. The largest absolute Gasteiger partial charge is 0.467 e. The molecule has 0 heterocycles. The molecule has 0 aliphatic heterocycles. The first kappa shape index (κ1) is 22.7. The van der Waals surface area contributed by atoms with E-state index in [4.69, 9.17) is 9.47 Å². The molecule has 0 unspecified atom stereocenters. The summed E-state index contributed by atoms with van der Waals surface area (Å²) in [6.07, 6.45) is 1.22. The molecule has 2 aromatic carbocycles. The van der Waals surface area contributed by atoms with E-state index in [2.05, 4.69) is 17.2 Å². The summed E-state index contributed by atoms with van der Waals surface area (Å²) in [5.41, 5.74) is 1.67. The van der Waals surface area contributed by atoms with Crippen LogP contribution in [0.5, 0.6) is 0 Å². The number of alkyl carbamates (subject to hydrolysis) is 1. The maximum Gasteiger partial charge on any atom is 0.408 e. The first-order valence-electron chi connectivity index (χ1n) is 9.53. The zero-order chi connectivity index (χ0) is 21.8. The van der Waals surface area contributed by atoms with Crippen molar-refractivity contribution in [1.82, 2.24) is 10.6 Å². The third-order valence-corrected chi connectivity index (χ3v) is 4.31. The van der Waals surface area contributed by atoms with Crippen LogP contribution in [0.4, 0.5) is 4.79 Å². The van der Waals surface area contributed by atoms with Crippen molar-refractivity contribution in [3.8, 4) is 0 Å². The lowest BCUT2D eigenvalue weighted by atomic mass is 10.0. The van der Waals surface area contributed by atoms with Gasteiger partial charge in [0.25, 0.3) is 0 Å². The maximum atomic E-state index is 12.8. The molecule has 0 bridgehead atoms. The van der Waals surface area contributed by atoms with Crippen LogP contribution in [-0.2, 0) is 32.1 Å². The molecule has 2 aromatic rings. The van der Waals surface area contributed by atoms with Crippen molar-refractivity contribution in [2.45, 2.75) is 31.5 Å². The highest BCUT2D eigenvalue weighted by Crippen LogP contribution is 2.07. The van der Waals surface area contributed by atoms with Gasteiger partial charge in [0, 0.05) is 6.42 Å². The predicted octanol–water partition coefficient (Wildman–Crippen LogP) is 2.76. The van der Waals surface area contributed by atoms with E-state index >= 15 is 0 Å². The highest BCUT2D eigenvalue weighted by atomic mass is 16.5. The molecule has 0 spiro atoms. The van der Waals surface area contributed by atoms with E-state index < -0.39 is 30.1 Å². The van der Waals surface area contributed by atoms with Crippen molar-refractivity contribution in [2.75, 3.05) is 7.11 Å². The smallest absolute Gasteiger partial charge is 0.408 e. The molecule has 30 heavy (non-hydrogen) atoms. The quantitative estimate of drug-likeness (QED) is 0.464. The second-order valence-electron chi connectivity index (χ2n) is 6.56. The molecule has 0 aromatic heterocycles. The number of carbonyl (C=O) groups is 3. The molecule has 0 saturated heterocycles. The van der Waals surface area contributed by atoms with Gasteiger partial charge in [-0.05, 0) is 17.5 Å². The van der Waals surface area contributed by atoms with Crippen LogP contribution in [0.2, 0.25) is 0 Å². The summed E-state index contributed by atoms with van der Waals surface area (Å²) >= 11 is 0. The molecule has 7 heteroatoms. The van der Waals surface area contributed by atoms with E-state index in [-0.39, 0.29) is 19.4 Å². The number of esters is 1. The average Bonchev–Trinajstić information content (AvgIpc) is 2.77.